The lowest BCUT2D eigenvalue weighted by molar-refractivity contribution is 0.559. The van der Waals surface area contributed by atoms with E-state index in [0.29, 0.717) is 12.1 Å². The molecular weight excluding hydrogens is 475 g/mol. The Kier molecular flexibility index (Phi) is 10.5. The average molecular weight is 510 g/mol. The number of aliphatic imine (C=N–C) groups is 1. The Labute approximate surface area is 192 Å². The molecular formula is C22H35IN6. The van der Waals surface area contributed by atoms with Crippen molar-refractivity contribution in [2.24, 2.45) is 4.99 Å². The third-order valence-electron chi connectivity index (χ3n) is 5.41. The summed E-state index contributed by atoms with van der Waals surface area (Å²) in [6.45, 7) is 5.88. The van der Waals surface area contributed by atoms with Crippen LogP contribution >= 0.6 is 24.0 Å². The monoisotopic (exact) mass is 510 g/mol. The normalized spacial score (nSPS) is 15.7. The Bertz CT molecular complexity index is 724. The zero-order valence-electron chi connectivity index (χ0n) is 17.7. The molecule has 0 amide bonds. The molecule has 0 aliphatic heterocycles. The third kappa shape index (κ3) is 7.95. The smallest absolute Gasteiger partial charge is 0.191 e. The van der Waals surface area contributed by atoms with Crippen LogP contribution in [0.5, 0.6) is 0 Å². The molecule has 1 heterocycles. The van der Waals surface area contributed by atoms with E-state index < -0.39 is 0 Å². The second kappa shape index (κ2) is 12.8. The van der Waals surface area contributed by atoms with E-state index in [9.17, 15) is 0 Å². The fraction of sp³-hybridized carbons (Fsp3) is 0.591. The fourth-order valence-electron chi connectivity index (χ4n) is 3.74. The first-order chi connectivity index (χ1) is 13.7. The first kappa shape index (κ1) is 23.6. The van der Waals surface area contributed by atoms with Gasteiger partial charge in [-0.3, -0.25) is 4.99 Å². The van der Waals surface area contributed by atoms with Gasteiger partial charge in [-0.25, -0.2) is 0 Å². The molecule has 0 radical (unpaired) electrons. The molecule has 1 aliphatic carbocycles. The van der Waals surface area contributed by atoms with Crippen molar-refractivity contribution < 1.29 is 0 Å². The van der Waals surface area contributed by atoms with Gasteiger partial charge in [-0.2, -0.15) is 0 Å². The van der Waals surface area contributed by atoms with Crippen molar-refractivity contribution in [3.05, 3.63) is 48.0 Å². The minimum absolute atomic E-state index is 0. The largest absolute Gasteiger partial charge is 0.354 e. The van der Waals surface area contributed by atoms with Crippen LogP contribution in [0, 0.1) is 0 Å². The van der Waals surface area contributed by atoms with E-state index in [1.54, 1.807) is 6.33 Å². The minimum atomic E-state index is 0. The highest BCUT2D eigenvalue weighted by Gasteiger charge is 2.17. The quantitative estimate of drug-likeness (QED) is 0.305. The van der Waals surface area contributed by atoms with Gasteiger partial charge >= 0.3 is 0 Å². The first-order valence-corrected chi connectivity index (χ1v) is 10.7. The van der Waals surface area contributed by atoms with Gasteiger partial charge in [0.2, 0.25) is 0 Å². The highest BCUT2D eigenvalue weighted by atomic mass is 127. The van der Waals surface area contributed by atoms with Crippen molar-refractivity contribution in [3.8, 4) is 0 Å². The van der Waals surface area contributed by atoms with Crippen LogP contribution in [0.2, 0.25) is 0 Å². The van der Waals surface area contributed by atoms with Crippen molar-refractivity contribution in [2.45, 2.75) is 77.4 Å². The summed E-state index contributed by atoms with van der Waals surface area (Å²) >= 11 is 0. The van der Waals surface area contributed by atoms with Crippen molar-refractivity contribution in [1.29, 1.82) is 0 Å². The van der Waals surface area contributed by atoms with Crippen LogP contribution in [0.25, 0.3) is 0 Å². The number of hydrogen-bond donors (Lipinski definition) is 2. The molecule has 29 heavy (non-hydrogen) atoms. The van der Waals surface area contributed by atoms with Crippen LogP contribution in [0.1, 0.15) is 57.3 Å². The number of rotatable bonds is 9. The van der Waals surface area contributed by atoms with Crippen LogP contribution in [0.4, 0.5) is 0 Å². The van der Waals surface area contributed by atoms with Crippen molar-refractivity contribution >= 4 is 29.9 Å². The second-order valence-electron chi connectivity index (χ2n) is 7.72. The standard InChI is InChI=1S/C22H34N6.HI/c1-3-21-27-24-17-28(21)16-15-23-22(26-20-11-7-8-12-20)25-18(2)13-14-19-9-5-4-6-10-19;/h4-6,9-10,17-18,20H,3,7-8,11-16H2,1-2H3,(H2,23,25,26);1H. The molecule has 1 saturated carbocycles. The maximum absolute atomic E-state index is 4.85. The molecule has 1 aromatic carbocycles. The molecule has 1 aromatic heterocycles. The van der Waals surface area contributed by atoms with E-state index in [4.69, 9.17) is 4.99 Å². The summed E-state index contributed by atoms with van der Waals surface area (Å²) in [5.74, 6) is 1.96. The molecule has 6 nitrogen and oxygen atoms in total. The summed E-state index contributed by atoms with van der Waals surface area (Å²) in [5, 5.41) is 15.4. The number of aryl methyl sites for hydroxylation is 2. The van der Waals surface area contributed by atoms with Gasteiger partial charge < -0.3 is 15.2 Å². The van der Waals surface area contributed by atoms with Gasteiger partial charge in [0.25, 0.3) is 0 Å². The van der Waals surface area contributed by atoms with E-state index in [0.717, 1.165) is 44.1 Å². The van der Waals surface area contributed by atoms with Crippen molar-refractivity contribution in [3.63, 3.8) is 0 Å². The molecule has 1 unspecified atom stereocenters. The zero-order valence-corrected chi connectivity index (χ0v) is 20.0. The van der Waals surface area contributed by atoms with Crippen LogP contribution in [-0.4, -0.2) is 39.4 Å². The predicted octanol–water partition coefficient (Wildman–Crippen LogP) is 3.96. The first-order valence-electron chi connectivity index (χ1n) is 10.7. The number of guanidine groups is 1. The van der Waals surface area contributed by atoms with Gasteiger partial charge in [-0.05, 0) is 38.2 Å². The zero-order chi connectivity index (χ0) is 19.6. The van der Waals surface area contributed by atoms with Crippen LogP contribution in [-0.2, 0) is 19.4 Å². The highest BCUT2D eigenvalue weighted by molar-refractivity contribution is 14.0. The molecule has 2 aromatic rings. The fourth-order valence-corrected chi connectivity index (χ4v) is 3.74. The number of nitrogens with zero attached hydrogens (tertiary/aromatic N) is 4. The Hall–Kier alpha value is -1.64. The molecule has 160 valence electrons. The molecule has 1 fully saturated rings. The Balaban J connectivity index is 0.00000300. The lowest BCUT2D eigenvalue weighted by atomic mass is 10.1. The van der Waals surface area contributed by atoms with Crippen LogP contribution in [0.3, 0.4) is 0 Å². The van der Waals surface area contributed by atoms with Gasteiger partial charge in [-0.15, -0.1) is 34.2 Å². The highest BCUT2D eigenvalue weighted by Crippen LogP contribution is 2.17. The molecule has 1 aliphatic rings. The number of halogens is 1. The number of nitrogens with one attached hydrogen (secondary N) is 2. The Morgan fingerprint density at radius 1 is 1.24 bits per heavy atom. The summed E-state index contributed by atoms with van der Waals surface area (Å²) in [7, 11) is 0. The van der Waals surface area contributed by atoms with E-state index in [2.05, 4.69) is 69.6 Å². The molecule has 0 spiro atoms. The van der Waals surface area contributed by atoms with Gasteiger partial charge in [0, 0.05) is 25.0 Å². The lowest BCUT2D eigenvalue weighted by Crippen LogP contribution is -2.46. The summed E-state index contributed by atoms with van der Waals surface area (Å²) in [6.07, 6.45) is 9.96. The lowest BCUT2D eigenvalue weighted by Gasteiger charge is -2.21. The van der Waals surface area contributed by atoms with Gasteiger partial charge in [-0.1, -0.05) is 50.1 Å². The van der Waals surface area contributed by atoms with Gasteiger partial charge in [0.15, 0.2) is 5.96 Å². The summed E-state index contributed by atoms with van der Waals surface area (Å²) < 4.78 is 2.09. The third-order valence-corrected chi connectivity index (χ3v) is 5.41. The summed E-state index contributed by atoms with van der Waals surface area (Å²) in [5.41, 5.74) is 1.39. The molecule has 2 N–H and O–H groups in total. The number of benzene rings is 1. The van der Waals surface area contributed by atoms with E-state index in [1.165, 1.54) is 31.2 Å². The molecule has 7 heteroatoms. The number of aromatic nitrogens is 3. The topological polar surface area (TPSA) is 67.1 Å². The SMILES string of the molecule is CCc1nncn1CCN=C(NC(C)CCc1ccccc1)NC1CCCC1.I. The summed E-state index contributed by atoms with van der Waals surface area (Å²) in [4.78, 5) is 4.85. The second-order valence-corrected chi connectivity index (χ2v) is 7.72. The van der Waals surface area contributed by atoms with Crippen molar-refractivity contribution in [2.75, 3.05) is 6.54 Å². The van der Waals surface area contributed by atoms with Gasteiger partial charge in [0.1, 0.15) is 12.2 Å². The maximum Gasteiger partial charge on any atom is 0.191 e. The average Bonchev–Trinajstić information content (AvgIpc) is 3.39. The Morgan fingerprint density at radius 2 is 2.00 bits per heavy atom. The Morgan fingerprint density at radius 3 is 2.72 bits per heavy atom. The van der Waals surface area contributed by atoms with E-state index >= 15 is 0 Å². The molecule has 0 saturated heterocycles. The van der Waals surface area contributed by atoms with Gasteiger partial charge in [0.05, 0.1) is 6.54 Å². The molecule has 1 atom stereocenters. The van der Waals surface area contributed by atoms with E-state index in [-0.39, 0.29) is 24.0 Å². The summed E-state index contributed by atoms with van der Waals surface area (Å²) in [6, 6.07) is 11.6. The van der Waals surface area contributed by atoms with Crippen LogP contribution in [0.15, 0.2) is 41.7 Å². The minimum Gasteiger partial charge on any atom is -0.354 e. The number of hydrogen-bond acceptors (Lipinski definition) is 3. The maximum atomic E-state index is 4.85. The van der Waals surface area contributed by atoms with Crippen LogP contribution < -0.4 is 10.6 Å². The predicted molar refractivity (Wildman–Crippen MR) is 130 cm³/mol. The van der Waals surface area contributed by atoms with E-state index in [1.807, 2.05) is 0 Å². The molecule has 0 bridgehead atoms. The molecule has 3 rings (SSSR count). The van der Waals surface area contributed by atoms with Crippen molar-refractivity contribution in [1.82, 2.24) is 25.4 Å².